The number of ether oxygens (including phenoxy) is 1. The van der Waals surface area contributed by atoms with Crippen LogP contribution in [0.3, 0.4) is 0 Å². The molecule has 0 unspecified atom stereocenters. The van der Waals surface area contributed by atoms with Crippen molar-refractivity contribution in [2.45, 2.75) is 13.0 Å². The first-order chi connectivity index (χ1) is 13.9. The van der Waals surface area contributed by atoms with E-state index >= 15 is 0 Å². The number of aromatic amines is 1. The highest BCUT2D eigenvalue weighted by Gasteiger charge is 2.18. The molecule has 2 aromatic heterocycles. The smallest absolute Gasteiger partial charge is 0.287 e. The number of nitrogens with two attached hydrogens (primary N) is 1. The Hall–Kier alpha value is -3.73. The second kappa shape index (κ2) is 7.36. The molecule has 0 aliphatic carbocycles. The molecule has 0 spiro atoms. The number of aromatic nitrogens is 2. The first kappa shape index (κ1) is 18.6. The predicted molar refractivity (Wildman–Crippen MR) is 105 cm³/mol. The zero-order valence-electron chi connectivity index (χ0n) is 14.9. The van der Waals surface area contributed by atoms with Crippen LogP contribution in [0.2, 0.25) is 0 Å². The van der Waals surface area contributed by atoms with Crippen LogP contribution in [0.4, 0.5) is 5.69 Å². The highest BCUT2D eigenvalue weighted by Crippen LogP contribution is 2.28. The number of H-pyrrole nitrogens is 1. The third-order valence-corrected chi connectivity index (χ3v) is 5.15. The van der Waals surface area contributed by atoms with Gasteiger partial charge in [-0.15, -0.1) is 11.3 Å². The van der Waals surface area contributed by atoms with Gasteiger partial charge in [0, 0.05) is 6.54 Å². The van der Waals surface area contributed by atoms with Crippen molar-refractivity contribution in [3.05, 3.63) is 50.9 Å². The number of hydrogen-bond donors (Lipinski definition) is 4. The van der Waals surface area contributed by atoms with Crippen LogP contribution in [0, 0.1) is 0 Å². The molecule has 0 bridgehead atoms. The van der Waals surface area contributed by atoms with E-state index in [1.165, 1.54) is 0 Å². The van der Waals surface area contributed by atoms with E-state index in [-0.39, 0.29) is 36.7 Å². The molecule has 0 saturated carbocycles. The molecule has 0 fully saturated rings. The van der Waals surface area contributed by atoms with Gasteiger partial charge < -0.3 is 26.1 Å². The summed E-state index contributed by atoms with van der Waals surface area (Å²) >= 11 is 1.16. The van der Waals surface area contributed by atoms with Crippen LogP contribution in [0.1, 0.15) is 21.7 Å². The summed E-state index contributed by atoms with van der Waals surface area (Å²) in [4.78, 5) is 54.3. The van der Waals surface area contributed by atoms with Gasteiger partial charge in [0.2, 0.25) is 11.7 Å². The van der Waals surface area contributed by atoms with Crippen molar-refractivity contribution in [2.24, 2.45) is 5.73 Å². The van der Waals surface area contributed by atoms with Crippen molar-refractivity contribution in [3.8, 4) is 5.75 Å². The Bertz CT molecular complexity index is 1220. The topological polar surface area (TPSA) is 156 Å². The molecule has 3 amide bonds. The number of rotatable bonds is 5. The van der Waals surface area contributed by atoms with Crippen molar-refractivity contribution in [3.63, 3.8) is 0 Å². The van der Waals surface area contributed by atoms with Gasteiger partial charge in [-0.05, 0) is 28.6 Å². The third kappa shape index (κ3) is 3.80. The van der Waals surface area contributed by atoms with Crippen LogP contribution >= 0.6 is 11.3 Å². The lowest BCUT2D eigenvalue weighted by atomic mass is 10.1. The minimum absolute atomic E-state index is 0.0333. The summed E-state index contributed by atoms with van der Waals surface area (Å²) < 4.78 is 5.29. The molecule has 29 heavy (non-hydrogen) atoms. The largest absolute Gasteiger partial charge is 0.482 e. The molecule has 1 aliphatic heterocycles. The molecule has 0 radical (unpaired) electrons. The first-order valence-electron chi connectivity index (χ1n) is 8.53. The number of carbonyl (C=O) groups is 3. The number of nitrogens with one attached hydrogen (secondary N) is 3. The Labute approximate surface area is 167 Å². The summed E-state index contributed by atoms with van der Waals surface area (Å²) in [5.41, 5.74) is 6.42. The summed E-state index contributed by atoms with van der Waals surface area (Å²) in [5.74, 6) is -0.949. The molecule has 5 N–H and O–H groups in total. The SMILES string of the molecule is NC(=O)Cc1csc2nc(C(=O)NCc3ccc4c(c3)NC(=O)CO4)[nH]c(=O)c12. The lowest BCUT2D eigenvalue weighted by molar-refractivity contribution is -0.119. The summed E-state index contributed by atoms with van der Waals surface area (Å²) in [6.45, 7) is 0.121. The Balaban J connectivity index is 1.51. The van der Waals surface area contributed by atoms with Crippen LogP contribution < -0.4 is 26.7 Å². The second-order valence-corrected chi connectivity index (χ2v) is 7.21. The Morgan fingerprint density at radius 2 is 2.14 bits per heavy atom. The second-order valence-electron chi connectivity index (χ2n) is 6.35. The Morgan fingerprint density at radius 3 is 2.93 bits per heavy atom. The highest BCUT2D eigenvalue weighted by atomic mass is 32.1. The van der Waals surface area contributed by atoms with E-state index in [0.29, 0.717) is 21.8 Å². The van der Waals surface area contributed by atoms with Gasteiger partial charge in [0.25, 0.3) is 17.4 Å². The lowest BCUT2D eigenvalue weighted by Crippen LogP contribution is -2.28. The van der Waals surface area contributed by atoms with E-state index in [0.717, 1.165) is 16.9 Å². The normalized spacial score (nSPS) is 12.8. The summed E-state index contributed by atoms with van der Waals surface area (Å²) in [7, 11) is 0. The molecule has 4 rings (SSSR count). The first-order valence-corrected chi connectivity index (χ1v) is 9.41. The minimum Gasteiger partial charge on any atom is -0.482 e. The maximum Gasteiger partial charge on any atom is 0.287 e. The van der Waals surface area contributed by atoms with Crippen molar-refractivity contribution < 1.29 is 19.1 Å². The molecular weight excluding hydrogens is 398 g/mol. The summed E-state index contributed by atoms with van der Waals surface area (Å²) in [5, 5.41) is 7.25. The van der Waals surface area contributed by atoms with Gasteiger partial charge in [-0.1, -0.05) is 6.07 Å². The molecule has 0 atom stereocenters. The number of carbonyl (C=O) groups excluding carboxylic acids is 3. The van der Waals surface area contributed by atoms with E-state index in [2.05, 4.69) is 20.6 Å². The lowest BCUT2D eigenvalue weighted by Gasteiger charge is -2.18. The van der Waals surface area contributed by atoms with E-state index in [1.807, 2.05) is 0 Å². The van der Waals surface area contributed by atoms with Gasteiger partial charge in [-0.3, -0.25) is 19.2 Å². The van der Waals surface area contributed by atoms with Crippen molar-refractivity contribution in [2.75, 3.05) is 11.9 Å². The average molecular weight is 413 g/mol. The van der Waals surface area contributed by atoms with Crippen molar-refractivity contribution in [1.29, 1.82) is 0 Å². The zero-order chi connectivity index (χ0) is 20.5. The fourth-order valence-electron chi connectivity index (χ4n) is 2.94. The molecule has 3 heterocycles. The van der Waals surface area contributed by atoms with Gasteiger partial charge in [0.15, 0.2) is 6.61 Å². The number of amides is 3. The standard InChI is InChI=1S/C18H15N5O5S/c19-12(24)4-9-7-29-18-14(9)16(26)22-15(23-18)17(27)20-5-8-1-2-11-10(3-8)21-13(25)6-28-11/h1-3,7H,4-6H2,(H2,19,24)(H,20,27)(H,21,25)(H,22,23,26). The number of benzene rings is 1. The number of anilines is 1. The van der Waals surface area contributed by atoms with Crippen LogP contribution in [0.5, 0.6) is 5.75 Å². The van der Waals surface area contributed by atoms with Gasteiger partial charge in [0.05, 0.1) is 17.5 Å². The van der Waals surface area contributed by atoms with E-state index in [1.54, 1.807) is 23.6 Å². The van der Waals surface area contributed by atoms with Gasteiger partial charge in [-0.25, -0.2) is 4.98 Å². The fraction of sp³-hybridized carbons (Fsp3) is 0.167. The Kier molecular flexibility index (Phi) is 4.72. The van der Waals surface area contributed by atoms with Crippen LogP contribution in [0.15, 0.2) is 28.4 Å². The van der Waals surface area contributed by atoms with Gasteiger partial charge in [-0.2, -0.15) is 0 Å². The van der Waals surface area contributed by atoms with Crippen LogP contribution in [0.25, 0.3) is 10.2 Å². The fourth-order valence-corrected chi connectivity index (χ4v) is 3.88. The number of thiophene rings is 1. The van der Waals surface area contributed by atoms with Crippen LogP contribution in [-0.4, -0.2) is 34.3 Å². The number of fused-ring (bicyclic) bond motifs is 2. The molecule has 11 heteroatoms. The van der Waals surface area contributed by atoms with Crippen molar-refractivity contribution in [1.82, 2.24) is 15.3 Å². The molecule has 3 aromatic rings. The number of primary amides is 1. The summed E-state index contributed by atoms with van der Waals surface area (Å²) in [6.07, 6.45) is -0.0745. The maximum absolute atomic E-state index is 12.4. The predicted octanol–water partition coefficient (Wildman–Crippen LogP) is 0.273. The number of hydrogen-bond acceptors (Lipinski definition) is 7. The van der Waals surface area contributed by atoms with E-state index < -0.39 is 17.4 Å². The molecule has 10 nitrogen and oxygen atoms in total. The average Bonchev–Trinajstić information content (AvgIpc) is 3.08. The van der Waals surface area contributed by atoms with Gasteiger partial charge in [0.1, 0.15) is 10.6 Å². The van der Waals surface area contributed by atoms with Gasteiger partial charge >= 0.3 is 0 Å². The zero-order valence-corrected chi connectivity index (χ0v) is 15.7. The van der Waals surface area contributed by atoms with Crippen molar-refractivity contribution >= 4 is 45.0 Å². The minimum atomic E-state index is -0.563. The quantitative estimate of drug-likeness (QED) is 0.470. The van der Waals surface area contributed by atoms with Crippen LogP contribution in [-0.2, 0) is 22.6 Å². The maximum atomic E-state index is 12.4. The molecular formula is C18H15N5O5S. The third-order valence-electron chi connectivity index (χ3n) is 4.23. The monoisotopic (exact) mass is 413 g/mol. The Morgan fingerprint density at radius 1 is 1.31 bits per heavy atom. The molecule has 1 aliphatic rings. The summed E-state index contributed by atoms with van der Waals surface area (Å²) in [6, 6.07) is 5.15. The molecule has 148 valence electrons. The van der Waals surface area contributed by atoms with E-state index in [9.17, 15) is 19.2 Å². The molecule has 1 aromatic carbocycles. The molecule has 0 saturated heterocycles. The highest BCUT2D eigenvalue weighted by molar-refractivity contribution is 7.16. The van der Waals surface area contributed by atoms with E-state index in [4.69, 9.17) is 10.5 Å². The number of nitrogens with zero attached hydrogens (tertiary/aromatic N) is 1.